The van der Waals surface area contributed by atoms with Crippen molar-refractivity contribution in [2.24, 2.45) is 0 Å². The topological polar surface area (TPSA) is 53.3 Å². The van der Waals surface area contributed by atoms with Crippen LogP contribution in [0.25, 0.3) is 0 Å². The second-order valence-corrected chi connectivity index (χ2v) is 10.2. The Kier molecular flexibility index (Phi) is 4.81. The maximum atomic E-state index is 14.1. The van der Waals surface area contributed by atoms with Crippen molar-refractivity contribution in [3.8, 4) is 11.8 Å². The number of anilines is 2. The molecule has 3 aromatic rings. The third kappa shape index (κ3) is 3.39. The number of fused-ring (bicyclic) bond motifs is 2. The zero-order valence-corrected chi connectivity index (χ0v) is 20.0. The Labute approximate surface area is 199 Å². The van der Waals surface area contributed by atoms with Crippen LogP contribution in [0.1, 0.15) is 55.0 Å². The number of carbonyl (C=O) groups is 1. The summed E-state index contributed by atoms with van der Waals surface area (Å²) in [6.45, 7) is 8.08. The average Bonchev–Trinajstić information content (AvgIpc) is 2.99. The van der Waals surface area contributed by atoms with Crippen LogP contribution in [-0.4, -0.2) is 11.5 Å². The summed E-state index contributed by atoms with van der Waals surface area (Å²) in [5.74, 6) is 0.816. The van der Waals surface area contributed by atoms with Crippen molar-refractivity contribution < 1.29 is 9.53 Å². The molecule has 1 atom stereocenters. The lowest BCUT2D eigenvalue weighted by molar-refractivity contribution is -0.120. The minimum atomic E-state index is -0.918. The van der Waals surface area contributed by atoms with E-state index in [1.54, 1.807) is 17.0 Å². The van der Waals surface area contributed by atoms with Gasteiger partial charge in [0.05, 0.1) is 28.4 Å². The van der Waals surface area contributed by atoms with E-state index in [2.05, 4.69) is 26.0 Å². The van der Waals surface area contributed by atoms with Crippen molar-refractivity contribution in [3.63, 3.8) is 0 Å². The van der Waals surface area contributed by atoms with Crippen molar-refractivity contribution in [2.75, 3.05) is 4.90 Å². The van der Waals surface area contributed by atoms with Gasteiger partial charge in [-0.25, -0.2) is 0 Å². The number of halogens is 1. The number of nitriles is 1. The van der Waals surface area contributed by atoms with Crippen LogP contribution >= 0.6 is 11.6 Å². The molecular formula is C28H25ClN2O2. The highest BCUT2D eigenvalue weighted by atomic mass is 35.5. The van der Waals surface area contributed by atoms with Crippen LogP contribution in [-0.2, 0) is 16.6 Å². The predicted octanol–water partition coefficient (Wildman–Crippen LogP) is 6.61. The molecular weight excluding hydrogens is 432 g/mol. The fourth-order valence-electron chi connectivity index (χ4n) is 5.01. The second kappa shape index (κ2) is 7.37. The summed E-state index contributed by atoms with van der Waals surface area (Å²) in [6.07, 6.45) is 1.82. The van der Waals surface area contributed by atoms with Gasteiger partial charge in [-0.2, -0.15) is 5.26 Å². The van der Waals surface area contributed by atoms with Gasteiger partial charge in [0.15, 0.2) is 0 Å². The average molecular weight is 457 g/mol. The number of rotatable bonds is 2. The molecule has 0 spiro atoms. The largest absolute Gasteiger partial charge is 0.488 e. The molecule has 4 nitrogen and oxygen atoms in total. The standard InChI is InChI=1S/C28H25ClN2O2/c1-17-11-18(16-30)13-22(12-17)31-24-7-6-21(29)15-23(24)28(4,26(31)32)20-5-8-25-19(14-20)9-10-27(2,3)33-25/h5-8,11-15H,9-10H2,1-4H3/t28-/m0/s1. The van der Waals surface area contributed by atoms with Crippen LogP contribution < -0.4 is 9.64 Å². The third-order valence-corrected chi connectivity index (χ3v) is 7.07. The van der Waals surface area contributed by atoms with Crippen molar-refractivity contribution in [2.45, 2.75) is 51.6 Å². The highest BCUT2D eigenvalue weighted by Crippen LogP contribution is 2.50. The SMILES string of the molecule is Cc1cc(C#N)cc(N2C(=O)[C@@](C)(c3ccc4c(c3)CCC(C)(C)O4)c3cc(Cl)ccc32)c1. The van der Waals surface area contributed by atoms with E-state index < -0.39 is 5.41 Å². The summed E-state index contributed by atoms with van der Waals surface area (Å²) in [5, 5.41) is 10.1. The van der Waals surface area contributed by atoms with E-state index >= 15 is 0 Å². The predicted molar refractivity (Wildman–Crippen MR) is 130 cm³/mol. The number of ether oxygens (including phenoxy) is 1. The normalized spacial score (nSPS) is 20.6. The molecule has 0 aromatic heterocycles. The molecule has 1 amide bonds. The minimum Gasteiger partial charge on any atom is -0.488 e. The van der Waals surface area contributed by atoms with Gasteiger partial charge in [-0.1, -0.05) is 23.7 Å². The summed E-state index contributed by atoms with van der Waals surface area (Å²) >= 11 is 6.41. The van der Waals surface area contributed by atoms with Crippen LogP contribution in [0.3, 0.4) is 0 Å². The van der Waals surface area contributed by atoms with E-state index in [1.165, 1.54) is 0 Å². The number of hydrogen-bond acceptors (Lipinski definition) is 3. The zero-order chi connectivity index (χ0) is 23.5. The molecule has 0 unspecified atom stereocenters. The molecule has 0 saturated heterocycles. The van der Waals surface area contributed by atoms with E-state index in [-0.39, 0.29) is 11.5 Å². The van der Waals surface area contributed by atoms with Crippen LogP contribution in [0.15, 0.2) is 54.6 Å². The molecule has 5 rings (SSSR count). The lowest BCUT2D eigenvalue weighted by Gasteiger charge is -2.34. The first-order valence-corrected chi connectivity index (χ1v) is 11.5. The van der Waals surface area contributed by atoms with Crippen LogP contribution in [0.2, 0.25) is 5.02 Å². The molecule has 2 heterocycles. The Morgan fingerprint density at radius 1 is 1.06 bits per heavy atom. The lowest BCUT2D eigenvalue weighted by atomic mass is 9.76. The molecule has 2 aliphatic heterocycles. The fraction of sp³-hybridized carbons (Fsp3) is 0.286. The van der Waals surface area contributed by atoms with Crippen molar-refractivity contribution in [1.82, 2.24) is 0 Å². The van der Waals surface area contributed by atoms with Crippen LogP contribution in [0.4, 0.5) is 11.4 Å². The molecule has 33 heavy (non-hydrogen) atoms. The number of carbonyl (C=O) groups excluding carboxylic acids is 1. The van der Waals surface area contributed by atoms with Crippen molar-refractivity contribution in [3.05, 3.63) is 87.4 Å². The quantitative estimate of drug-likeness (QED) is 0.436. The lowest BCUT2D eigenvalue weighted by Crippen LogP contribution is -2.37. The second-order valence-electron chi connectivity index (χ2n) is 9.78. The Morgan fingerprint density at radius 3 is 2.61 bits per heavy atom. The number of aryl methyl sites for hydroxylation is 2. The van der Waals surface area contributed by atoms with Gasteiger partial charge >= 0.3 is 0 Å². The third-order valence-electron chi connectivity index (χ3n) is 6.84. The monoisotopic (exact) mass is 456 g/mol. The molecule has 0 radical (unpaired) electrons. The Balaban J connectivity index is 1.68. The Bertz CT molecular complexity index is 1350. The highest BCUT2D eigenvalue weighted by Gasteiger charge is 2.49. The molecule has 0 fully saturated rings. The first-order valence-electron chi connectivity index (χ1n) is 11.1. The summed E-state index contributed by atoms with van der Waals surface area (Å²) in [7, 11) is 0. The molecule has 5 heteroatoms. The maximum Gasteiger partial charge on any atom is 0.246 e. The Morgan fingerprint density at radius 2 is 1.85 bits per heavy atom. The van der Waals surface area contributed by atoms with E-state index in [9.17, 15) is 10.1 Å². The first kappa shape index (κ1) is 21.6. The molecule has 166 valence electrons. The fourth-order valence-corrected chi connectivity index (χ4v) is 5.19. The smallest absolute Gasteiger partial charge is 0.246 e. The molecule has 0 N–H and O–H groups in total. The number of nitrogens with zero attached hydrogens (tertiary/aromatic N) is 2. The van der Waals surface area contributed by atoms with Gasteiger partial charge in [0, 0.05) is 5.02 Å². The molecule has 0 aliphatic carbocycles. The number of amides is 1. The summed E-state index contributed by atoms with van der Waals surface area (Å²) < 4.78 is 6.17. The number of hydrogen-bond donors (Lipinski definition) is 0. The van der Waals surface area contributed by atoms with Crippen molar-refractivity contribution >= 4 is 28.9 Å². The molecule has 2 aliphatic rings. The van der Waals surface area contributed by atoms with Crippen LogP contribution in [0.5, 0.6) is 5.75 Å². The molecule has 0 saturated carbocycles. The van der Waals surface area contributed by atoms with Gasteiger partial charge in [0.1, 0.15) is 11.4 Å². The molecule has 3 aromatic carbocycles. The van der Waals surface area contributed by atoms with Crippen LogP contribution in [0, 0.1) is 18.3 Å². The molecule has 0 bridgehead atoms. The minimum absolute atomic E-state index is 0.0636. The van der Waals surface area contributed by atoms with E-state index in [1.807, 2.05) is 50.2 Å². The van der Waals surface area contributed by atoms with Gasteiger partial charge in [-0.3, -0.25) is 9.69 Å². The van der Waals surface area contributed by atoms with Gasteiger partial charge in [-0.05, 0) is 105 Å². The zero-order valence-electron chi connectivity index (χ0n) is 19.2. The van der Waals surface area contributed by atoms with E-state index in [4.69, 9.17) is 16.3 Å². The van der Waals surface area contributed by atoms with E-state index in [0.717, 1.165) is 46.5 Å². The van der Waals surface area contributed by atoms with Gasteiger partial charge in [0.2, 0.25) is 5.91 Å². The summed E-state index contributed by atoms with van der Waals surface area (Å²) in [6, 6.07) is 19.4. The highest BCUT2D eigenvalue weighted by molar-refractivity contribution is 6.31. The van der Waals surface area contributed by atoms with Gasteiger partial charge in [0.25, 0.3) is 0 Å². The summed E-state index contributed by atoms with van der Waals surface area (Å²) in [4.78, 5) is 15.9. The first-order chi connectivity index (χ1) is 15.6. The van der Waals surface area contributed by atoms with Gasteiger partial charge < -0.3 is 4.74 Å². The Hall–Kier alpha value is -3.29. The van der Waals surface area contributed by atoms with E-state index in [0.29, 0.717) is 16.3 Å². The van der Waals surface area contributed by atoms with Crippen molar-refractivity contribution in [1.29, 1.82) is 5.26 Å². The summed E-state index contributed by atoms with van der Waals surface area (Å²) in [5.41, 5.74) is 4.70. The maximum absolute atomic E-state index is 14.1. The number of benzene rings is 3. The van der Waals surface area contributed by atoms with Gasteiger partial charge in [-0.15, -0.1) is 0 Å².